The van der Waals surface area contributed by atoms with Crippen LogP contribution in [-0.2, 0) is 9.47 Å². The van der Waals surface area contributed by atoms with E-state index in [1.807, 2.05) is 24.3 Å². The zero-order chi connectivity index (χ0) is 18.4. The van der Waals surface area contributed by atoms with E-state index < -0.39 is 5.79 Å². The molecule has 0 atom stereocenters. The number of methoxy groups -OCH3 is 1. The van der Waals surface area contributed by atoms with Crippen molar-refractivity contribution in [2.24, 2.45) is 0 Å². The minimum Gasteiger partial charge on any atom is -0.497 e. The molecule has 0 bridgehead atoms. The van der Waals surface area contributed by atoms with Crippen LogP contribution in [0, 0.1) is 0 Å². The standard InChI is InChI=1S/C20H20N2O5/c1-24-15-3-2-13-10-14-11-17(27-18(14)21-16(13)12-15)19(23)22-6-4-20(5-7-22)25-8-9-26-20/h2-3,10-12H,4-9H2,1H3. The molecular weight excluding hydrogens is 348 g/mol. The van der Waals surface area contributed by atoms with Gasteiger partial charge < -0.3 is 23.5 Å². The van der Waals surface area contributed by atoms with Gasteiger partial charge in [-0.15, -0.1) is 0 Å². The lowest BCUT2D eigenvalue weighted by atomic mass is 10.0. The van der Waals surface area contributed by atoms with E-state index >= 15 is 0 Å². The molecule has 0 N–H and O–H groups in total. The second-order valence-corrected chi connectivity index (χ2v) is 6.95. The van der Waals surface area contributed by atoms with Crippen molar-refractivity contribution in [3.8, 4) is 5.75 Å². The maximum atomic E-state index is 12.9. The zero-order valence-corrected chi connectivity index (χ0v) is 15.1. The van der Waals surface area contributed by atoms with E-state index in [1.54, 1.807) is 18.1 Å². The highest BCUT2D eigenvalue weighted by molar-refractivity contribution is 5.98. The van der Waals surface area contributed by atoms with Crippen LogP contribution in [0.2, 0.25) is 0 Å². The first kappa shape index (κ1) is 16.5. The van der Waals surface area contributed by atoms with Crippen LogP contribution in [-0.4, -0.2) is 55.0 Å². The molecule has 2 aliphatic heterocycles. The SMILES string of the molecule is COc1ccc2cc3cc(C(=O)N4CCC5(CC4)OCCO5)oc3nc2c1. The summed E-state index contributed by atoms with van der Waals surface area (Å²) < 4.78 is 22.5. The number of benzene rings is 1. The van der Waals surface area contributed by atoms with Gasteiger partial charge in [-0.25, -0.2) is 4.98 Å². The number of nitrogens with zero attached hydrogens (tertiary/aromatic N) is 2. The largest absolute Gasteiger partial charge is 0.497 e. The molecule has 1 spiro atoms. The summed E-state index contributed by atoms with van der Waals surface area (Å²) in [6, 6.07) is 9.42. The number of furan rings is 1. The number of piperidine rings is 1. The molecule has 2 aromatic heterocycles. The van der Waals surface area contributed by atoms with Crippen LogP contribution >= 0.6 is 0 Å². The number of fused-ring (bicyclic) bond motifs is 2. The summed E-state index contributed by atoms with van der Waals surface area (Å²) in [5.41, 5.74) is 1.22. The molecule has 0 aliphatic carbocycles. The van der Waals surface area contributed by atoms with E-state index in [1.165, 1.54) is 0 Å². The Bertz CT molecular complexity index is 1010. The van der Waals surface area contributed by atoms with E-state index in [0.29, 0.717) is 50.6 Å². The zero-order valence-electron chi connectivity index (χ0n) is 15.1. The normalized spacial score (nSPS) is 19.2. The van der Waals surface area contributed by atoms with E-state index in [0.717, 1.165) is 22.0 Å². The number of pyridine rings is 1. The van der Waals surface area contributed by atoms with Gasteiger partial charge in [-0.2, -0.15) is 0 Å². The Morgan fingerprint density at radius 3 is 2.63 bits per heavy atom. The van der Waals surface area contributed by atoms with Crippen molar-refractivity contribution in [1.82, 2.24) is 9.88 Å². The topological polar surface area (TPSA) is 74.0 Å². The first-order chi connectivity index (χ1) is 13.2. The van der Waals surface area contributed by atoms with Crippen molar-refractivity contribution in [2.45, 2.75) is 18.6 Å². The van der Waals surface area contributed by atoms with Crippen molar-refractivity contribution in [3.63, 3.8) is 0 Å². The van der Waals surface area contributed by atoms with Crippen LogP contribution in [0.3, 0.4) is 0 Å². The molecule has 27 heavy (non-hydrogen) atoms. The minimum absolute atomic E-state index is 0.123. The fourth-order valence-corrected chi connectivity index (χ4v) is 3.83. The number of rotatable bonds is 2. The average molecular weight is 368 g/mol. The Morgan fingerprint density at radius 2 is 1.89 bits per heavy atom. The van der Waals surface area contributed by atoms with E-state index in [9.17, 15) is 4.79 Å². The third-order valence-corrected chi connectivity index (χ3v) is 5.35. The van der Waals surface area contributed by atoms with Crippen molar-refractivity contribution in [3.05, 3.63) is 36.1 Å². The molecule has 1 amide bonds. The summed E-state index contributed by atoms with van der Waals surface area (Å²) in [4.78, 5) is 19.2. The Labute approximate surface area is 155 Å². The predicted octanol–water partition coefficient (Wildman–Crippen LogP) is 2.97. The number of carbonyl (C=O) groups is 1. The number of aromatic nitrogens is 1. The maximum absolute atomic E-state index is 12.9. The lowest BCUT2D eigenvalue weighted by molar-refractivity contribution is -0.181. The molecule has 3 aromatic rings. The lowest BCUT2D eigenvalue weighted by Crippen LogP contribution is -2.47. The van der Waals surface area contributed by atoms with Crippen LogP contribution in [0.4, 0.5) is 0 Å². The predicted molar refractivity (Wildman–Crippen MR) is 97.8 cm³/mol. The van der Waals surface area contributed by atoms with Crippen LogP contribution in [0.5, 0.6) is 5.75 Å². The third-order valence-electron chi connectivity index (χ3n) is 5.35. The minimum atomic E-state index is -0.497. The molecule has 0 radical (unpaired) electrons. The molecule has 2 saturated heterocycles. The van der Waals surface area contributed by atoms with Gasteiger partial charge in [0.1, 0.15) is 5.75 Å². The Morgan fingerprint density at radius 1 is 1.11 bits per heavy atom. The van der Waals surface area contributed by atoms with E-state index in [2.05, 4.69) is 4.98 Å². The second-order valence-electron chi connectivity index (χ2n) is 6.95. The summed E-state index contributed by atoms with van der Waals surface area (Å²) >= 11 is 0. The van der Waals surface area contributed by atoms with Gasteiger partial charge in [0.25, 0.3) is 5.91 Å². The number of hydrogen-bond donors (Lipinski definition) is 0. The maximum Gasteiger partial charge on any atom is 0.289 e. The van der Waals surface area contributed by atoms with Gasteiger partial charge in [-0.05, 0) is 24.3 Å². The summed E-state index contributed by atoms with van der Waals surface area (Å²) in [5, 5.41) is 1.78. The van der Waals surface area contributed by atoms with E-state index in [4.69, 9.17) is 18.6 Å². The molecule has 0 unspecified atom stereocenters. The molecule has 1 aromatic carbocycles. The summed E-state index contributed by atoms with van der Waals surface area (Å²) in [6.45, 7) is 2.42. The number of carbonyl (C=O) groups excluding carboxylic acids is 1. The summed E-state index contributed by atoms with van der Waals surface area (Å²) in [5.74, 6) is 0.422. The van der Waals surface area contributed by atoms with Crippen molar-refractivity contribution < 1.29 is 23.4 Å². The van der Waals surface area contributed by atoms with Crippen LogP contribution in [0.15, 0.2) is 34.7 Å². The Hall–Kier alpha value is -2.64. The quantitative estimate of drug-likeness (QED) is 0.692. The first-order valence-electron chi connectivity index (χ1n) is 9.11. The van der Waals surface area contributed by atoms with Gasteiger partial charge in [0.2, 0.25) is 5.71 Å². The van der Waals surface area contributed by atoms with Crippen LogP contribution in [0.25, 0.3) is 22.0 Å². The number of likely N-dealkylation sites (tertiary alicyclic amines) is 1. The molecule has 0 saturated carbocycles. The van der Waals surface area contributed by atoms with E-state index in [-0.39, 0.29) is 5.91 Å². The average Bonchev–Trinajstić information content (AvgIpc) is 3.32. The van der Waals surface area contributed by atoms with Gasteiger partial charge in [0, 0.05) is 42.8 Å². The highest BCUT2D eigenvalue weighted by Gasteiger charge is 2.41. The van der Waals surface area contributed by atoms with Crippen molar-refractivity contribution in [1.29, 1.82) is 0 Å². The Kier molecular flexibility index (Phi) is 3.80. The summed E-state index contributed by atoms with van der Waals surface area (Å²) in [7, 11) is 1.62. The Balaban J connectivity index is 1.41. The monoisotopic (exact) mass is 368 g/mol. The fraction of sp³-hybridized carbons (Fsp3) is 0.400. The molecule has 7 nitrogen and oxygen atoms in total. The van der Waals surface area contributed by atoms with Gasteiger partial charge in [0.05, 0.1) is 25.8 Å². The highest BCUT2D eigenvalue weighted by atomic mass is 16.7. The summed E-state index contributed by atoms with van der Waals surface area (Å²) in [6.07, 6.45) is 1.36. The molecule has 7 heteroatoms. The third kappa shape index (κ3) is 2.83. The van der Waals surface area contributed by atoms with Gasteiger partial charge in [-0.3, -0.25) is 4.79 Å². The van der Waals surface area contributed by atoms with Crippen LogP contribution in [0.1, 0.15) is 23.4 Å². The molecule has 2 aliphatic rings. The molecule has 140 valence electrons. The first-order valence-corrected chi connectivity index (χ1v) is 9.11. The van der Waals surface area contributed by atoms with Crippen LogP contribution < -0.4 is 4.74 Å². The smallest absolute Gasteiger partial charge is 0.289 e. The van der Waals surface area contributed by atoms with Gasteiger partial charge >= 0.3 is 0 Å². The second kappa shape index (κ2) is 6.21. The molecular formula is C20H20N2O5. The molecule has 5 rings (SSSR count). The highest BCUT2D eigenvalue weighted by Crippen LogP contribution is 2.32. The number of hydrogen-bond acceptors (Lipinski definition) is 6. The number of ether oxygens (including phenoxy) is 3. The number of amides is 1. The lowest BCUT2D eigenvalue weighted by Gasteiger charge is -2.37. The molecule has 2 fully saturated rings. The van der Waals surface area contributed by atoms with Crippen molar-refractivity contribution in [2.75, 3.05) is 33.4 Å². The molecule has 4 heterocycles. The van der Waals surface area contributed by atoms with Crippen molar-refractivity contribution >= 4 is 27.9 Å². The fourth-order valence-electron chi connectivity index (χ4n) is 3.83. The van der Waals surface area contributed by atoms with Gasteiger partial charge in [-0.1, -0.05) is 0 Å². The van der Waals surface area contributed by atoms with Gasteiger partial charge in [0.15, 0.2) is 11.5 Å².